The molecule has 1 aliphatic rings. The number of esters is 1. The summed E-state index contributed by atoms with van der Waals surface area (Å²) in [5, 5.41) is 0. The Kier molecular flexibility index (Phi) is 2.54. The van der Waals surface area contributed by atoms with Gasteiger partial charge in [0.15, 0.2) is 6.10 Å². The molecule has 84 valence electrons. The Morgan fingerprint density at radius 2 is 1.94 bits per heavy atom. The standard InChI is InChI=1S/C13H14O3/c1-13(2)8-10(14)16-12(13)11(15)9-6-4-3-5-7-9/h3-7,12H,8H2,1-2H3/t12-/m1/s1. The first-order chi connectivity index (χ1) is 7.50. The fraction of sp³-hybridized carbons (Fsp3) is 0.385. The first-order valence-electron chi connectivity index (χ1n) is 5.29. The van der Waals surface area contributed by atoms with Gasteiger partial charge in [0.25, 0.3) is 0 Å². The molecule has 1 atom stereocenters. The summed E-state index contributed by atoms with van der Waals surface area (Å²) in [6.45, 7) is 3.76. The number of carbonyl (C=O) groups excluding carboxylic acids is 2. The summed E-state index contributed by atoms with van der Waals surface area (Å²) in [5.74, 6) is -0.407. The topological polar surface area (TPSA) is 43.4 Å². The molecule has 1 heterocycles. The highest BCUT2D eigenvalue weighted by molar-refractivity contribution is 6.02. The SMILES string of the molecule is CC1(C)CC(=O)O[C@@H]1C(=O)c1ccccc1. The van der Waals surface area contributed by atoms with Crippen LogP contribution in [-0.4, -0.2) is 17.9 Å². The van der Waals surface area contributed by atoms with Crippen LogP contribution in [0.2, 0.25) is 0 Å². The van der Waals surface area contributed by atoms with E-state index in [1.165, 1.54) is 0 Å². The van der Waals surface area contributed by atoms with Crippen LogP contribution >= 0.6 is 0 Å². The number of Topliss-reactive ketones (excluding diaryl/α,β-unsaturated/α-hetero) is 1. The smallest absolute Gasteiger partial charge is 0.307 e. The van der Waals surface area contributed by atoms with E-state index in [2.05, 4.69) is 0 Å². The molecule has 0 radical (unpaired) electrons. The number of ether oxygens (including phenoxy) is 1. The lowest BCUT2D eigenvalue weighted by Gasteiger charge is -2.22. The lowest BCUT2D eigenvalue weighted by atomic mass is 9.82. The van der Waals surface area contributed by atoms with Crippen molar-refractivity contribution in [2.24, 2.45) is 5.41 Å². The van der Waals surface area contributed by atoms with Gasteiger partial charge in [-0.05, 0) is 0 Å². The van der Waals surface area contributed by atoms with E-state index in [1.807, 2.05) is 19.9 Å². The average Bonchev–Trinajstić information content (AvgIpc) is 2.52. The van der Waals surface area contributed by atoms with Crippen molar-refractivity contribution in [2.45, 2.75) is 26.4 Å². The lowest BCUT2D eigenvalue weighted by Crippen LogP contribution is -2.32. The third kappa shape index (κ3) is 1.85. The maximum atomic E-state index is 12.1. The maximum Gasteiger partial charge on any atom is 0.307 e. The van der Waals surface area contributed by atoms with Crippen LogP contribution in [0.3, 0.4) is 0 Å². The minimum absolute atomic E-state index is 0.114. The fourth-order valence-corrected chi connectivity index (χ4v) is 1.96. The van der Waals surface area contributed by atoms with Gasteiger partial charge < -0.3 is 4.74 Å². The molecule has 1 saturated heterocycles. The Bertz CT molecular complexity index is 420. The predicted octanol–water partition coefficient (Wildman–Crippen LogP) is 2.21. The molecule has 3 heteroatoms. The third-order valence-electron chi connectivity index (χ3n) is 2.86. The largest absolute Gasteiger partial charge is 0.453 e. The van der Waals surface area contributed by atoms with Crippen molar-refractivity contribution in [3.8, 4) is 0 Å². The zero-order valence-electron chi connectivity index (χ0n) is 9.40. The van der Waals surface area contributed by atoms with Gasteiger partial charge in [0.2, 0.25) is 5.78 Å². The zero-order chi connectivity index (χ0) is 11.8. The lowest BCUT2D eigenvalue weighted by molar-refractivity contribution is -0.140. The third-order valence-corrected chi connectivity index (χ3v) is 2.86. The van der Waals surface area contributed by atoms with Crippen LogP contribution in [0, 0.1) is 5.41 Å². The first kappa shape index (κ1) is 10.9. The monoisotopic (exact) mass is 218 g/mol. The summed E-state index contributed by atoms with van der Waals surface area (Å²) in [5.41, 5.74) is 0.180. The number of rotatable bonds is 2. The molecule has 0 bridgehead atoms. The number of carbonyl (C=O) groups is 2. The van der Waals surface area contributed by atoms with Crippen molar-refractivity contribution in [1.29, 1.82) is 0 Å². The van der Waals surface area contributed by atoms with Crippen LogP contribution in [0.4, 0.5) is 0 Å². The van der Waals surface area contributed by atoms with E-state index in [0.717, 1.165) is 0 Å². The van der Waals surface area contributed by atoms with Crippen LogP contribution in [0.25, 0.3) is 0 Å². The molecular weight excluding hydrogens is 204 g/mol. The molecule has 0 aliphatic carbocycles. The van der Waals surface area contributed by atoms with Gasteiger partial charge in [-0.15, -0.1) is 0 Å². The normalized spacial score (nSPS) is 22.9. The van der Waals surface area contributed by atoms with E-state index >= 15 is 0 Å². The van der Waals surface area contributed by atoms with Crippen molar-refractivity contribution in [2.75, 3.05) is 0 Å². The number of hydrogen-bond acceptors (Lipinski definition) is 3. The summed E-state index contributed by atoms with van der Waals surface area (Å²) in [6.07, 6.45) is -0.349. The minimum atomic E-state index is -0.651. The van der Waals surface area contributed by atoms with Crippen LogP contribution in [-0.2, 0) is 9.53 Å². The van der Waals surface area contributed by atoms with Gasteiger partial charge in [-0.25, -0.2) is 0 Å². The molecule has 0 N–H and O–H groups in total. The van der Waals surface area contributed by atoms with Crippen LogP contribution < -0.4 is 0 Å². The Hall–Kier alpha value is -1.64. The Labute approximate surface area is 94.4 Å². The fourth-order valence-electron chi connectivity index (χ4n) is 1.96. The highest BCUT2D eigenvalue weighted by Crippen LogP contribution is 2.36. The predicted molar refractivity (Wildman–Crippen MR) is 59.1 cm³/mol. The quantitative estimate of drug-likeness (QED) is 0.564. The summed E-state index contributed by atoms with van der Waals surface area (Å²) in [7, 11) is 0. The highest BCUT2D eigenvalue weighted by atomic mass is 16.6. The van der Waals surface area contributed by atoms with Gasteiger partial charge >= 0.3 is 5.97 Å². The number of benzene rings is 1. The average molecular weight is 218 g/mol. The molecule has 0 unspecified atom stereocenters. The van der Waals surface area contributed by atoms with Crippen LogP contribution in [0.1, 0.15) is 30.6 Å². The molecule has 3 nitrogen and oxygen atoms in total. The van der Waals surface area contributed by atoms with Crippen molar-refractivity contribution in [1.82, 2.24) is 0 Å². The van der Waals surface area contributed by atoms with Crippen LogP contribution in [0.5, 0.6) is 0 Å². The highest BCUT2D eigenvalue weighted by Gasteiger charge is 2.46. The van der Waals surface area contributed by atoms with E-state index < -0.39 is 11.5 Å². The molecule has 2 rings (SSSR count). The van der Waals surface area contributed by atoms with E-state index in [0.29, 0.717) is 12.0 Å². The Balaban J connectivity index is 2.27. The molecule has 0 saturated carbocycles. The van der Waals surface area contributed by atoms with Crippen molar-refractivity contribution < 1.29 is 14.3 Å². The van der Waals surface area contributed by atoms with Gasteiger partial charge in [-0.2, -0.15) is 0 Å². The summed E-state index contributed by atoms with van der Waals surface area (Å²) < 4.78 is 5.10. The molecule has 1 aliphatic heterocycles. The number of ketones is 1. The van der Waals surface area contributed by atoms with E-state index in [-0.39, 0.29) is 11.8 Å². The summed E-state index contributed by atoms with van der Waals surface area (Å²) >= 11 is 0. The van der Waals surface area contributed by atoms with E-state index in [4.69, 9.17) is 4.74 Å². The Morgan fingerprint density at radius 3 is 2.44 bits per heavy atom. The number of cyclic esters (lactones) is 1. The minimum Gasteiger partial charge on any atom is -0.453 e. The van der Waals surface area contributed by atoms with Gasteiger partial charge in [-0.1, -0.05) is 44.2 Å². The Morgan fingerprint density at radius 1 is 1.31 bits per heavy atom. The zero-order valence-corrected chi connectivity index (χ0v) is 9.40. The molecular formula is C13H14O3. The molecule has 0 amide bonds. The summed E-state index contributed by atoms with van der Waals surface area (Å²) in [4.78, 5) is 23.4. The van der Waals surface area contributed by atoms with Crippen LogP contribution in [0.15, 0.2) is 30.3 Å². The van der Waals surface area contributed by atoms with Gasteiger partial charge in [0.05, 0.1) is 6.42 Å². The van der Waals surface area contributed by atoms with E-state index in [9.17, 15) is 9.59 Å². The maximum absolute atomic E-state index is 12.1. The second-order valence-corrected chi connectivity index (χ2v) is 4.77. The molecule has 0 aromatic heterocycles. The number of hydrogen-bond donors (Lipinski definition) is 0. The molecule has 1 aromatic carbocycles. The van der Waals surface area contributed by atoms with Gasteiger partial charge in [0.1, 0.15) is 0 Å². The second-order valence-electron chi connectivity index (χ2n) is 4.77. The van der Waals surface area contributed by atoms with Gasteiger partial charge in [0, 0.05) is 11.0 Å². The van der Waals surface area contributed by atoms with Crippen molar-refractivity contribution in [3.05, 3.63) is 35.9 Å². The van der Waals surface area contributed by atoms with Gasteiger partial charge in [-0.3, -0.25) is 9.59 Å². The van der Waals surface area contributed by atoms with Crippen molar-refractivity contribution >= 4 is 11.8 Å². The molecule has 16 heavy (non-hydrogen) atoms. The summed E-state index contributed by atoms with van der Waals surface area (Å²) in [6, 6.07) is 8.94. The first-order valence-corrected chi connectivity index (χ1v) is 5.29. The molecule has 1 aromatic rings. The molecule has 0 spiro atoms. The van der Waals surface area contributed by atoms with Crippen molar-refractivity contribution in [3.63, 3.8) is 0 Å². The second kappa shape index (κ2) is 3.74. The molecule has 1 fully saturated rings. The van der Waals surface area contributed by atoms with E-state index in [1.54, 1.807) is 24.3 Å².